The largest absolute Gasteiger partial charge is 0.480 e. The normalized spacial score (nSPS) is 15.4. The number of Topliss-reactive ketones (excluding diaryl/α,β-unsaturated/α-hetero) is 8. The zero-order chi connectivity index (χ0) is 109. The first-order valence-corrected chi connectivity index (χ1v) is 49.0. The fourth-order valence-corrected chi connectivity index (χ4v) is 15.5. The number of rotatable bonds is 29. The van der Waals surface area contributed by atoms with Crippen molar-refractivity contribution < 1.29 is 144 Å². The van der Waals surface area contributed by atoms with Crippen molar-refractivity contribution in [1.29, 1.82) is 5.41 Å². The first-order valence-electron chi connectivity index (χ1n) is 47.4. The third-order valence-electron chi connectivity index (χ3n) is 21.5. The van der Waals surface area contributed by atoms with E-state index in [0.29, 0.717) is 152 Å². The number of aliphatic carboxylic acids is 1. The number of benzene rings is 3. The van der Waals surface area contributed by atoms with Crippen molar-refractivity contribution in [3.05, 3.63) is 119 Å². The van der Waals surface area contributed by atoms with Crippen molar-refractivity contribution in [3.63, 3.8) is 0 Å². The van der Waals surface area contributed by atoms with E-state index in [4.69, 9.17) is 48.7 Å². The lowest BCUT2D eigenvalue weighted by Crippen LogP contribution is -2.51. The number of ether oxygens (including phenoxy) is 6. The number of piperidine rings is 5. The second kappa shape index (κ2) is 65.5. The van der Waals surface area contributed by atoms with E-state index in [1.54, 1.807) is 134 Å². The average Bonchev–Trinajstić information content (AvgIpc) is 0.893. The summed E-state index contributed by atoms with van der Waals surface area (Å²) in [6.07, 6.45) is 3.58. The smallest absolute Gasteiger partial charge is 0.410 e. The summed E-state index contributed by atoms with van der Waals surface area (Å²) in [5, 5.41) is 66.2. The predicted octanol–water partition coefficient (Wildman–Crippen LogP) is 9.19. The summed E-state index contributed by atoms with van der Waals surface area (Å²) in [6.45, 7) is 29.2. The standard InChI is InChI=1S/C21H30N2O5.C21H28N2O5.C15H26N2O6.C13H18NO6P.C11H18N2O5.C10H17NO3.C5H13N3.C3H8/c2*1-21(2,3)28-20(27)23-11-9-16(10-12-23)19(18(26)14-24)22-13-17(25)15-7-5-4-6-8-15;1-15(2,3)23-14(21)17-7-5-10(6-8-17)12(11(19)9-18)16-13(20)22-4;1-19-21(18,20-2)13(12(17)9-15)14-8-11(16)10-6-4-3-5-7-10;1-7(14)13-5-3-8(4-6-13)9(10(15)16)12-11(17)18-2;1-10(2,3)14-9(13)11-6-4-8(12)5-7-11;1-7(2)5(6)8(3)4;1-3-2/h4-8,16,19,22,24H,9-14H2,1-3H3;4-8,22,24H,9-14H2,1-3H3;10,12,18H,5-9H2,1-4H3,(H,16,20);3-7,13-15H,8-9H2,1-2H3;8-9H,3-6H2,1-2H3,(H,12,17)(H,15,16);4-7H2,1-3H3;6H,1-4H3;3H2,1-2H3/t19-;;12-;;9-;;;/m0.0.0.../s1. The topological polar surface area (TPSA) is 572 Å². The number of hydrogen-bond donors (Lipinski definition) is 11. The molecule has 43 nitrogen and oxygen atoms in total. The Morgan fingerprint density at radius 3 is 1.01 bits per heavy atom. The molecule has 11 N–H and O–H groups in total. The lowest BCUT2D eigenvalue weighted by Gasteiger charge is -2.36. The molecule has 0 bridgehead atoms. The second-order valence-corrected chi connectivity index (χ2v) is 40.3. The van der Waals surface area contributed by atoms with Gasteiger partial charge in [-0.05, 0) is 158 Å². The van der Waals surface area contributed by atoms with Gasteiger partial charge >= 0.3 is 50.1 Å². The van der Waals surface area contributed by atoms with Crippen LogP contribution in [0.4, 0.5) is 28.8 Å². The van der Waals surface area contributed by atoms with E-state index >= 15 is 0 Å². The van der Waals surface area contributed by atoms with Crippen LogP contribution in [0.2, 0.25) is 0 Å². The number of aliphatic hydroxyl groups excluding tert-OH is 4. The highest BCUT2D eigenvalue weighted by atomic mass is 31.2. The van der Waals surface area contributed by atoms with Crippen molar-refractivity contribution in [3.8, 4) is 0 Å². The van der Waals surface area contributed by atoms with Crippen LogP contribution in [0.25, 0.3) is 0 Å². The molecule has 4 atom stereocenters. The molecule has 5 aliphatic rings. The number of methoxy groups -OCH3 is 2. The number of carboxylic acids is 1. The lowest BCUT2D eigenvalue weighted by molar-refractivity contribution is -0.141. The molecule has 0 saturated carbocycles. The fourth-order valence-electron chi connectivity index (χ4n) is 14.2. The molecule has 3 aromatic rings. The number of carbonyl (C=O) groups is 16. The number of nitrogens with one attached hydrogen (secondary N) is 6. The molecule has 5 saturated heterocycles. The van der Waals surface area contributed by atoms with Gasteiger partial charge in [0.25, 0.3) is 0 Å². The van der Waals surface area contributed by atoms with E-state index in [0.717, 1.165) is 19.8 Å². The summed E-state index contributed by atoms with van der Waals surface area (Å²) in [5.41, 5.74) is 0.516. The third kappa shape index (κ3) is 50.9. The maximum absolute atomic E-state index is 12.3. The quantitative estimate of drug-likeness (QED) is 0.00770. The summed E-state index contributed by atoms with van der Waals surface area (Å²) in [7, 11) is 8.27. The molecule has 5 heterocycles. The molecular weight excluding hydrogens is 1880 g/mol. The number of carbonyl (C=O) groups excluding carboxylic acids is 15. The zero-order valence-corrected chi connectivity index (χ0v) is 88.4. The van der Waals surface area contributed by atoms with Crippen molar-refractivity contribution in [2.75, 3.05) is 168 Å². The lowest BCUT2D eigenvalue weighted by atomic mass is 9.87. The number of nitrogens with zero attached hydrogens (tertiary/aromatic N) is 7. The number of aliphatic hydroxyl groups is 4. The number of carboxylic acid groups (broad SMARTS) is 1. The van der Waals surface area contributed by atoms with Crippen molar-refractivity contribution >= 4 is 108 Å². The van der Waals surface area contributed by atoms with E-state index in [9.17, 15) is 91.5 Å². The Morgan fingerprint density at radius 2 is 0.720 bits per heavy atom. The Kier molecular flexibility index (Phi) is 59.3. The first-order chi connectivity index (χ1) is 66.9. The third-order valence-corrected chi connectivity index (χ3v) is 23.6. The van der Waals surface area contributed by atoms with E-state index in [1.165, 1.54) is 27.6 Å². The molecule has 0 aromatic heterocycles. The number of likely N-dealkylation sites (tertiary alicyclic amines) is 5. The van der Waals surface area contributed by atoms with Crippen LogP contribution in [0.15, 0.2) is 102 Å². The Balaban J connectivity index is 0.000000849. The zero-order valence-electron chi connectivity index (χ0n) is 87.5. The highest BCUT2D eigenvalue weighted by Crippen LogP contribution is 2.50. The maximum Gasteiger partial charge on any atom is 0.410 e. The van der Waals surface area contributed by atoms with Crippen LogP contribution in [0, 0.1) is 23.2 Å². The van der Waals surface area contributed by atoms with Crippen LogP contribution in [0.5, 0.6) is 0 Å². The summed E-state index contributed by atoms with van der Waals surface area (Å²) >= 11 is 0. The summed E-state index contributed by atoms with van der Waals surface area (Å²) in [6, 6.07) is 23.7. The van der Waals surface area contributed by atoms with E-state index in [1.807, 2.05) is 103 Å². The molecule has 5 aliphatic heterocycles. The van der Waals surface area contributed by atoms with Crippen LogP contribution in [-0.4, -0.2) is 375 Å². The van der Waals surface area contributed by atoms with Gasteiger partial charge in [0.2, 0.25) is 11.7 Å². The fraction of sp³-hybridized carbons (Fsp3) is 0.626. The molecule has 3 aromatic carbocycles. The van der Waals surface area contributed by atoms with E-state index in [-0.39, 0.29) is 102 Å². The summed E-state index contributed by atoms with van der Waals surface area (Å²) in [4.78, 5) is 200. The van der Waals surface area contributed by atoms with Gasteiger partial charge in [-0.1, -0.05) is 111 Å². The molecule has 7 amide bonds. The van der Waals surface area contributed by atoms with Gasteiger partial charge < -0.3 is 113 Å². The Morgan fingerprint density at radius 1 is 0.427 bits per heavy atom. The van der Waals surface area contributed by atoms with Crippen LogP contribution >= 0.6 is 7.60 Å². The predicted molar refractivity (Wildman–Crippen MR) is 533 cm³/mol. The number of guanidine groups is 1. The molecule has 143 heavy (non-hydrogen) atoms. The van der Waals surface area contributed by atoms with Crippen LogP contribution in [0.3, 0.4) is 0 Å². The SMILES string of the molecule is CC(C)(C)OC(=O)N1CCC(=C(NCC(=O)c2ccccc2)C(=O)CO)CC1.CC(C)(C)OC(=O)N1CCC(=O)CC1.CC(C)(C)OC(=O)N1CCC([C@H](NCC(=O)c2ccccc2)C(=O)CO)CC1.CCC.CN(C)C(=N)N(C)C.COC(=O)N[C@H](C(=O)CO)C1CCN(C(=O)OC(C)(C)C)CC1.COC(=O)N[C@H](C(=O)O)C1CCN(C(C)=O)CC1.COP(=O)(OC)C(NCC(=O)c1ccccc1)C(=O)CO. The van der Waals surface area contributed by atoms with Gasteiger partial charge in [0.1, 0.15) is 60.7 Å². The highest BCUT2D eigenvalue weighted by molar-refractivity contribution is 7.55. The van der Waals surface area contributed by atoms with Gasteiger partial charge in [-0.15, -0.1) is 0 Å². The minimum atomic E-state index is -3.78. The van der Waals surface area contributed by atoms with Crippen molar-refractivity contribution in [2.24, 2.45) is 17.8 Å². The van der Waals surface area contributed by atoms with Gasteiger partial charge in [0.05, 0.1) is 51.6 Å². The molecular formula is C99H158N13O30P. The molecule has 1 unspecified atom stereocenters. The Labute approximate surface area is 840 Å². The van der Waals surface area contributed by atoms with Crippen molar-refractivity contribution in [2.45, 2.75) is 221 Å². The second-order valence-electron chi connectivity index (χ2n) is 38.0. The van der Waals surface area contributed by atoms with Gasteiger partial charge in [-0.2, -0.15) is 0 Å². The summed E-state index contributed by atoms with van der Waals surface area (Å²) in [5.74, 6) is -4.72. The van der Waals surface area contributed by atoms with Gasteiger partial charge in [0.15, 0.2) is 46.4 Å². The summed E-state index contributed by atoms with van der Waals surface area (Å²) < 4.78 is 51.9. The molecule has 0 radical (unpaired) electrons. The molecule has 44 heteroatoms. The Bertz CT molecular complexity index is 4570. The highest BCUT2D eigenvalue weighted by Gasteiger charge is 2.42. The number of hydrogen-bond acceptors (Lipinski definition) is 33. The van der Waals surface area contributed by atoms with Crippen molar-refractivity contribution in [1.82, 2.24) is 60.9 Å². The van der Waals surface area contributed by atoms with Crippen LogP contribution in [-0.2, 0) is 75.6 Å². The Hall–Kier alpha value is -11.7. The van der Waals surface area contributed by atoms with E-state index < -0.39 is 116 Å². The number of ketones is 8. The van der Waals surface area contributed by atoms with Gasteiger partial charge in [-0.25, -0.2) is 33.6 Å². The maximum atomic E-state index is 12.3. The van der Waals surface area contributed by atoms with Crippen LogP contribution in [0.1, 0.15) is 206 Å². The molecule has 0 spiro atoms. The molecule has 0 aliphatic carbocycles. The molecule has 804 valence electrons. The number of amides is 7. The minimum absolute atomic E-state index is 0.0127. The van der Waals surface area contributed by atoms with Gasteiger partial charge in [0, 0.05) is 144 Å². The average molecular weight is 2040 g/mol. The van der Waals surface area contributed by atoms with Crippen LogP contribution < -0.4 is 26.6 Å². The minimum Gasteiger partial charge on any atom is -0.480 e. The monoisotopic (exact) mass is 2040 g/mol. The molecule has 8 rings (SSSR count). The molecule has 5 fully saturated rings. The van der Waals surface area contributed by atoms with E-state index in [2.05, 4.69) is 49.9 Å². The van der Waals surface area contributed by atoms with Gasteiger partial charge in [-0.3, -0.25) is 63.8 Å². The first kappa shape index (κ1) is 129. The number of alkyl carbamates (subject to hydrolysis) is 2.